The molecule has 10 nitrogen and oxygen atoms in total. The predicted octanol–water partition coefficient (Wildman–Crippen LogP) is 2.44. The number of hydrogen-bond acceptors (Lipinski definition) is 10. The molecule has 2 N–H and O–H groups in total. The number of nitrogens with one attached hydrogen (secondary N) is 2. The Kier molecular flexibility index (Phi) is 5.09. The van der Waals surface area contributed by atoms with Crippen molar-refractivity contribution in [2.75, 3.05) is 16.4 Å². The van der Waals surface area contributed by atoms with Gasteiger partial charge in [0.05, 0.1) is 0 Å². The van der Waals surface area contributed by atoms with Gasteiger partial charge in [-0.1, -0.05) is 35.2 Å². The topological polar surface area (TPSA) is 136 Å². The minimum absolute atomic E-state index is 0.00784. The van der Waals surface area contributed by atoms with E-state index < -0.39 is 11.8 Å². The molecule has 0 aliphatic carbocycles. The molecular formula is C13H12N6O4S2. The zero-order chi connectivity index (χ0) is 17.8. The van der Waals surface area contributed by atoms with Crippen molar-refractivity contribution >= 4 is 46.1 Å². The fourth-order valence-corrected chi connectivity index (χ4v) is 3.32. The van der Waals surface area contributed by atoms with Gasteiger partial charge in [0.25, 0.3) is 11.8 Å². The largest absolute Gasteiger partial charge is 0.431 e. The van der Waals surface area contributed by atoms with Crippen molar-refractivity contribution in [2.45, 2.75) is 18.2 Å². The van der Waals surface area contributed by atoms with Crippen molar-refractivity contribution in [3.8, 4) is 0 Å². The average molecular weight is 380 g/mol. The average Bonchev–Trinajstić information content (AvgIpc) is 3.29. The molecule has 0 saturated heterocycles. The van der Waals surface area contributed by atoms with Crippen LogP contribution >= 0.6 is 23.1 Å². The molecule has 0 aromatic carbocycles. The maximum absolute atomic E-state index is 12.1. The summed E-state index contributed by atoms with van der Waals surface area (Å²) in [5.74, 6) is 0.275. The third kappa shape index (κ3) is 4.22. The van der Waals surface area contributed by atoms with Gasteiger partial charge in [-0.15, -0.1) is 10.2 Å². The SMILES string of the molecule is CCSc1nnc(NC(=O)c2coc(NC(=O)c3cc(C)on3)n2)s1. The molecule has 25 heavy (non-hydrogen) atoms. The molecular weight excluding hydrogens is 368 g/mol. The first-order valence-corrected chi connectivity index (χ1v) is 8.83. The molecule has 3 aromatic heterocycles. The Balaban J connectivity index is 1.61. The van der Waals surface area contributed by atoms with Crippen LogP contribution in [0.5, 0.6) is 0 Å². The highest BCUT2D eigenvalue weighted by molar-refractivity contribution is 8.01. The summed E-state index contributed by atoms with van der Waals surface area (Å²) in [4.78, 5) is 27.9. The second-order valence-electron chi connectivity index (χ2n) is 4.58. The van der Waals surface area contributed by atoms with Crippen LogP contribution in [0, 0.1) is 6.92 Å². The fraction of sp³-hybridized carbons (Fsp3) is 0.231. The van der Waals surface area contributed by atoms with Crippen LogP contribution in [0.25, 0.3) is 0 Å². The molecule has 0 bridgehead atoms. The van der Waals surface area contributed by atoms with Gasteiger partial charge >= 0.3 is 6.01 Å². The molecule has 0 fully saturated rings. The van der Waals surface area contributed by atoms with Gasteiger partial charge < -0.3 is 8.94 Å². The second-order valence-corrected chi connectivity index (χ2v) is 7.06. The Labute approximate surface area is 149 Å². The van der Waals surface area contributed by atoms with Gasteiger partial charge in [0, 0.05) is 6.07 Å². The molecule has 0 radical (unpaired) electrons. The van der Waals surface area contributed by atoms with Crippen LogP contribution in [0.3, 0.4) is 0 Å². The molecule has 0 spiro atoms. The van der Waals surface area contributed by atoms with Crippen molar-refractivity contribution in [3.63, 3.8) is 0 Å². The Morgan fingerprint density at radius 2 is 2.04 bits per heavy atom. The van der Waals surface area contributed by atoms with Gasteiger partial charge in [-0.05, 0) is 12.7 Å². The van der Waals surface area contributed by atoms with Crippen LogP contribution in [0.1, 0.15) is 33.7 Å². The zero-order valence-electron chi connectivity index (χ0n) is 13.1. The molecule has 0 aliphatic rings. The van der Waals surface area contributed by atoms with E-state index in [2.05, 4.69) is 31.0 Å². The highest BCUT2D eigenvalue weighted by Gasteiger charge is 2.18. The number of thioether (sulfide) groups is 1. The van der Waals surface area contributed by atoms with Gasteiger partial charge in [0.2, 0.25) is 5.13 Å². The smallest absolute Gasteiger partial charge is 0.302 e. The van der Waals surface area contributed by atoms with Crippen molar-refractivity contribution in [1.82, 2.24) is 20.3 Å². The number of rotatable bonds is 6. The Morgan fingerprint density at radius 1 is 1.24 bits per heavy atom. The minimum Gasteiger partial charge on any atom is -0.431 e. The first-order valence-electron chi connectivity index (χ1n) is 7.03. The van der Waals surface area contributed by atoms with E-state index in [1.807, 2.05) is 6.92 Å². The monoisotopic (exact) mass is 380 g/mol. The number of amides is 2. The van der Waals surface area contributed by atoms with E-state index >= 15 is 0 Å². The molecule has 0 unspecified atom stereocenters. The third-order valence-electron chi connectivity index (χ3n) is 2.71. The van der Waals surface area contributed by atoms with Gasteiger partial charge in [-0.3, -0.25) is 20.2 Å². The van der Waals surface area contributed by atoms with Gasteiger partial charge in [-0.2, -0.15) is 4.98 Å². The lowest BCUT2D eigenvalue weighted by molar-refractivity contribution is 0.100. The summed E-state index contributed by atoms with van der Waals surface area (Å²) >= 11 is 2.79. The summed E-state index contributed by atoms with van der Waals surface area (Å²) in [5, 5.41) is 16.7. The normalized spacial score (nSPS) is 10.6. The van der Waals surface area contributed by atoms with E-state index in [1.54, 1.807) is 6.92 Å². The fourth-order valence-electron chi connectivity index (χ4n) is 1.67. The number of hydrogen-bond donors (Lipinski definition) is 2. The number of oxazole rings is 1. The maximum Gasteiger partial charge on any atom is 0.302 e. The predicted molar refractivity (Wildman–Crippen MR) is 90.0 cm³/mol. The highest BCUT2D eigenvalue weighted by Crippen LogP contribution is 2.25. The number of aromatic nitrogens is 4. The first-order chi connectivity index (χ1) is 12.0. The molecule has 0 atom stereocenters. The molecule has 0 aliphatic heterocycles. The zero-order valence-corrected chi connectivity index (χ0v) is 14.7. The van der Waals surface area contributed by atoms with Gasteiger partial charge in [0.15, 0.2) is 15.7 Å². The van der Waals surface area contributed by atoms with Crippen LogP contribution in [0.4, 0.5) is 11.1 Å². The molecule has 3 heterocycles. The lowest BCUT2D eigenvalue weighted by atomic mass is 10.3. The van der Waals surface area contributed by atoms with Crippen LogP contribution in [0.15, 0.2) is 25.6 Å². The molecule has 2 amide bonds. The van der Waals surface area contributed by atoms with Crippen LogP contribution in [-0.4, -0.2) is 37.9 Å². The Hall–Kier alpha value is -2.73. The van der Waals surface area contributed by atoms with Crippen molar-refractivity contribution in [2.24, 2.45) is 0 Å². The number of carbonyl (C=O) groups is 2. The summed E-state index contributed by atoms with van der Waals surface area (Å²) in [6.45, 7) is 3.66. The number of anilines is 2. The van der Waals surface area contributed by atoms with E-state index in [4.69, 9.17) is 8.94 Å². The first kappa shape index (κ1) is 17.1. The van der Waals surface area contributed by atoms with Crippen LogP contribution < -0.4 is 10.6 Å². The summed E-state index contributed by atoms with van der Waals surface area (Å²) < 4.78 is 10.6. The molecule has 130 valence electrons. The van der Waals surface area contributed by atoms with Crippen molar-refractivity contribution in [1.29, 1.82) is 0 Å². The van der Waals surface area contributed by atoms with Crippen LogP contribution in [0.2, 0.25) is 0 Å². The van der Waals surface area contributed by atoms with E-state index in [9.17, 15) is 9.59 Å². The summed E-state index contributed by atoms with van der Waals surface area (Å²) in [6, 6.07) is 1.34. The highest BCUT2D eigenvalue weighted by atomic mass is 32.2. The Morgan fingerprint density at radius 3 is 2.76 bits per heavy atom. The Bertz CT molecular complexity index is 902. The second kappa shape index (κ2) is 7.44. The third-order valence-corrected chi connectivity index (χ3v) is 4.57. The lowest BCUT2D eigenvalue weighted by Gasteiger charge is -1.96. The van der Waals surface area contributed by atoms with E-state index in [0.29, 0.717) is 10.9 Å². The summed E-state index contributed by atoms with van der Waals surface area (Å²) in [6.07, 6.45) is 1.13. The number of nitrogens with zero attached hydrogens (tertiary/aromatic N) is 4. The number of carbonyl (C=O) groups excluding carboxylic acids is 2. The van der Waals surface area contributed by atoms with Crippen molar-refractivity contribution < 1.29 is 18.5 Å². The van der Waals surface area contributed by atoms with E-state index in [1.165, 1.54) is 29.2 Å². The number of aryl methyl sites for hydroxylation is 1. The molecule has 12 heteroatoms. The summed E-state index contributed by atoms with van der Waals surface area (Å²) in [5.41, 5.74) is 0.0723. The van der Waals surface area contributed by atoms with Gasteiger partial charge in [0.1, 0.15) is 12.0 Å². The lowest BCUT2D eigenvalue weighted by Crippen LogP contribution is -2.14. The van der Waals surface area contributed by atoms with Gasteiger partial charge in [-0.25, -0.2) is 0 Å². The molecule has 3 aromatic rings. The molecule has 0 saturated carbocycles. The van der Waals surface area contributed by atoms with Crippen molar-refractivity contribution in [3.05, 3.63) is 29.5 Å². The van der Waals surface area contributed by atoms with E-state index in [-0.39, 0.29) is 17.4 Å². The molecule has 3 rings (SSSR count). The van der Waals surface area contributed by atoms with Crippen LogP contribution in [-0.2, 0) is 0 Å². The van der Waals surface area contributed by atoms with E-state index in [0.717, 1.165) is 16.4 Å². The quantitative estimate of drug-likeness (QED) is 0.488. The summed E-state index contributed by atoms with van der Waals surface area (Å²) in [7, 11) is 0. The standard InChI is InChI=1S/C13H12N6O4S2/c1-3-24-13-18-17-12(25-13)16-10(21)8-5-22-11(14-8)15-9(20)7-4-6(2)23-19-7/h4-5H,3H2,1-2H3,(H,14,15,20)(H,16,17,21). The minimum atomic E-state index is -0.559. The maximum atomic E-state index is 12.1.